The summed E-state index contributed by atoms with van der Waals surface area (Å²) in [6.45, 7) is 0. The molecule has 0 bridgehead atoms. The van der Waals surface area contributed by atoms with Crippen LogP contribution in [0.5, 0.6) is 17.2 Å². The Morgan fingerprint density at radius 2 is 2.00 bits per heavy atom. The van der Waals surface area contributed by atoms with Crippen LogP contribution in [0.3, 0.4) is 0 Å². The van der Waals surface area contributed by atoms with Gasteiger partial charge >= 0.3 is 0 Å². The topological polar surface area (TPSA) is 38.7 Å². The van der Waals surface area contributed by atoms with Gasteiger partial charge in [0.1, 0.15) is 10.2 Å². The molecule has 14 heavy (non-hydrogen) atoms. The van der Waals surface area contributed by atoms with Gasteiger partial charge in [-0.2, -0.15) is 0 Å². The molecule has 78 valence electrons. The fourth-order valence-corrected chi connectivity index (χ4v) is 2.30. The number of hydrogen-bond donors (Lipinski definition) is 1. The Balaban J connectivity index is 3.38. The van der Waals surface area contributed by atoms with Gasteiger partial charge in [-0.05, 0) is 22.2 Å². The molecular weight excluding hydrogens is 268 g/mol. The van der Waals surface area contributed by atoms with Crippen molar-refractivity contribution in [2.45, 2.75) is 4.90 Å². The lowest BCUT2D eigenvalue weighted by atomic mass is 10.3. The fourth-order valence-electron chi connectivity index (χ4n) is 1.07. The summed E-state index contributed by atoms with van der Waals surface area (Å²) in [5, 5.41) is 9.73. The van der Waals surface area contributed by atoms with Crippen molar-refractivity contribution < 1.29 is 14.6 Å². The number of thioether (sulfide) groups is 1. The number of benzene rings is 1. The van der Waals surface area contributed by atoms with Gasteiger partial charge in [-0.3, -0.25) is 0 Å². The number of methoxy groups -OCH3 is 2. The fraction of sp³-hybridized carbons (Fsp3) is 0.333. The van der Waals surface area contributed by atoms with Crippen LogP contribution >= 0.6 is 27.7 Å². The van der Waals surface area contributed by atoms with Crippen molar-refractivity contribution in [1.82, 2.24) is 0 Å². The Bertz CT molecular complexity index is 341. The van der Waals surface area contributed by atoms with Crippen molar-refractivity contribution in [1.29, 1.82) is 0 Å². The van der Waals surface area contributed by atoms with Crippen LogP contribution < -0.4 is 9.47 Å². The van der Waals surface area contributed by atoms with Gasteiger partial charge in [0.25, 0.3) is 0 Å². The lowest BCUT2D eigenvalue weighted by Crippen LogP contribution is -1.92. The van der Waals surface area contributed by atoms with E-state index in [4.69, 9.17) is 9.47 Å². The normalized spacial score (nSPS) is 10.0. The zero-order chi connectivity index (χ0) is 10.7. The smallest absolute Gasteiger partial charge is 0.178 e. The zero-order valence-electron chi connectivity index (χ0n) is 8.13. The molecule has 0 saturated heterocycles. The molecule has 0 unspecified atom stereocenters. The van der Waals surface area contributed by atoms with Crippen LogP contribution in [0, 0.1) is 0 Å². The predicted molar refractivity (Wildman–Crippen MR) is 60.7 cm³/mol. The van der Waals surface area contributed by atoms with Gasteiger partial charge in [0.2, 0.25) is 0 Å². The lowest BCUT2D eigenvalue weighted by Gasteiger charge is -2.12. The number of hydrogen-bond acceptors (Lipinski definition) is 4. The van der Waals surface area contributed by atoms with E-state index in [0.29, 0.717) is 16.0 Å². The molecule has 1 rings (SSSR count). The molecule has 0 amide bonds. The zero-order valence-corrected chi connectivity index (χ0v) is 10.5. The number of phenolic OH excluding ortho intramolecular Hbond substituents is 1. The standard InChI is InChI=1S/C9H11BrO3S/c1-12-5-4-6(14-3)8(11)7(10)9(5)13-2/h4,11H,1-3H3. The number of halogens is 1. The predicted octanol–water partition coefficient (Wildman–Crippen LogP) is 2.89. The molecule has 1 aromatic rings. The molecule has 0 fully saturated rings. The highest BCUT2D eigenvalue weighted by Crippen LogP contribution is 2.46. The average molecular weight is 279 g/mol. The maximum atomic E-state index is 9.73. The summed E-state index contributed by atoms with van der Waals surface area (Å²) in [5.74, 6) is 1.28. The molecule has 1 N–H and O–H groups in total. The summed E-state index contributed by atoms with van der Waals surface area (Å²) < 4.78 is 10.8. The van der Waals surface area contributed by atoms with Gasteiger partial charge in [0.15, 0.2) is 11.5 Å². The maximum Gasteiger partial charge on any atom is 0.178 e. The summed E-state index contributed by atoms with van der Waals surface area (Å²) in [4.78, 5) is 0.745. The van der Waals surface area contributed by atoms with E-state index >= 15 is 0 Å². The highest BCUT2D eigenvalue weighted by atomic mass is 79.9. The van der Waals surface area contributed by atoms with Crippen LogP contribution in [0.15, 0.2) is 15.4 Å². The molecule has 0 heterocycles. The van der Waals surface area contributed by atoms with E-state index in [9.17, 15) is 5.11 Å². The average Bonchev–Trinajstić information content (AvgIpc) is 2.21. The third-order valence-corrected chi connectivity index (χ3v) is 3.26. The van der Waals surface area contributed by atoms with Crippen molar-refractivity contribution in [3.63, 3.8) is 0 Å². The van der Waals surface area contributed by atoms with Crippen LogP contribution in [-0.2, 0) is 0 Å². The van der Waals surface area contributed by atoms with Crippen LogP contribution in [0.2, 0.25) is 0 Å². The van der Waals surface area contributed by atoms with E-state index in [2.05, 4.69) is 15.9 Å². The van der Waals surface area contributed by atoms with Gasteiger partial charge in [-0.1, -0.05) is 0 Å². The number of aromatic hydroxyl groups is 1. The number of phenols is 1. The Labute approximate surface area is 95.5 Å². The lowest BCUT2D eigenvalue weighted by molar-refractivity contribution is 0.346. The molecule has 0 saturated carbocycles. The molecule has 0 aliphatic heterocycles. The van der Waals surface area contributed by atoms with Crippen LogP contribution in [0.4, 0.5) is 0 Å². The van der Waals surface area contributed by atoms with Crippen LogP contribution in [0.1, 0.15) is 0 Å². The molecule has 0 atom stereocenters. The number of ether oxygens (including phenoxy) is 2. The molecular formula is C9H11BrO3S. The van der Waals surface area contributed by atoms with E-state index in [1.807, 2.05) is 6.26 Å². The van der Waals surface area contributed by atoms with Gasteiger partial charge in [0, 0.05) is 6.07 Å². The molecule has 5 heteroatoms. The van der Waals surface area contributed by atoms with Crippen molar-refractivity contribution in [2.75, 3.05) is 20.5 Å². The Kier molecular flexibility index (Phi) is 3.95. The Hall–Kier alpha value is -0.550. The van der Waals surface area contributed by atoms with Gasteiger partial charge in [-0.25, -0.2) is 0 Å². The monoisotopic (exact) mass is 278 g/mol. The third kappa shape index (κ3) is 1.93. The summed E-state index contributed by atoms with van der Waals surface area (Å²) >= 11 is 4.70. The van der Waals surface area contributed by atoms with Crippen molar-refractivity contribution in [3.8, 4) is 17.2 Å². The second-order valence-electron chi connectivity index (χ2n) is 2.48. The second kappa shape index (κ2) is 4.79. The van der Waals surface area contributed by atoms with Gasteiger partial charge in [-0.15, -0.1) is 11.8 Å². The SMILES string of the molecule is COc1cc(SC)c(O)c(Br)c1OC. The summed E-state index contributed by atoms with van der Waals surface area (Å²) in [6.07, 6.45) is 1.88. The van der Waals surface area contributed by atoms with E-state index in [-0.39, 0.29) is 5.75 Å². The van der Waals surface area contributed by atoms with E-state index in [0.717, 1.165) is 4.90 Å². The first-order valence-corrected chi connectivity index (χ1v) is 5.84. The molecule has 0 aromatic heterocycles. The van der Waals surface area contributed by atoms with E-state index in [1.165, 1.54) is 18.9 Å². The van der Waals surface area contributed by atoms with Crippen molar-refractivity contribution >= 4 is 27.7 Å². The van der Waals surface area contributed by atoms with Gasteiger partial charge < -0.3 is 14.6 Å². The third-order valence-electron chi connectivity index (χ3n) is 1.77. The van der Waals surface area contributed by atoms with Crippen LogP contribution in [0.25, 0.3) is 0 Å². The highest BCUT2D eigenvalue weighted by molar-refractivity contribution is 9.10. The minimum absolute atomic E-state index is 0.176. The largest absolute Gasteiger partial charge is 0.505 e. The minimum atomic E-state index is 0.176. The Morgan fingerprint density at radius 3 is 2.43 bits per heavy atom. The van der Waals surface area contributed by atoms with Crippen molar-refractivity contribution in [3.05, 3.63) is 10.5 Å². The summed E-state index contributed by atoms with van der Waals surface area (Å²) in [7, 11) is 3.09. The molecule has 0 aliphatic rings. The minimum Gasteiger partial charge on any atom is -0.505 e. The summed E-state index contributed by atoms with van der Waals surface area (Å²) in [6, 6.07) is 1.74. The van der Waals surface area contributed by atoms with Gasteiger partial charge in [0.05, 0.1) is 19.1 Å². The van der Waals surface area contributed by atoms with E-state index in [1.54, 1.807) is 13.2 Å². The van der Waals surface area contributed by atoms with Crippen molar-refractivity contribution in [2.24, 2.45) is 0 Å². The van der Waals surface area contributed by atoms with E-state index < -0.39 is 0 Å². The molecule has 0 spiro atoms. The molecule has 1 aromatic carbocycles. The molecule has 0 aliphatic carbocycles. The molecule has 3 nitrogen and oxygen atoms in total. The second-order valence-corrected chi connectivity index (χ2v) is 4.12. The van der Waals surface area contributed by atoms with Crippen LogP contribution in [-0.4, -0.2) is 25.6 Å². The summed E-state index contributed by atoms with van der Waals surface area (Å²) in [5.41, 5.74) is 0. The maximum absolute atomic E-state index is 9.73. The molecule has 0 radical (unpaired) electrons. The number of rotatable bonds is 3. The quantitative estimate of drug-likeness (QED) is 0.863. The Morgan fingerprint density at radius 1 is 1.36 bits per heavy atom. The highest BCUT2D eigenvalue weighted by Gasteiger charge is 2.16. The first-order valence-electron chi connectivity index (χ1n) is 3.83. The first-order chi connectivity index (χ1) is 6.65. The first kappa shape index (κ1) is 11.5.